The Morgan fingerprint density at radius 2 is 0.683 bits per heavy atom. The van der Waals surface area contributed by atoms with Crippen molar-refractivity contribution < 1.29 is 98.0 Å². The molecular weight excluding hydrogens is 2000 g/mol. The number of para-hydroxylation sites is 3. The van der Waals surface area contributed by atoms with Crippen molar-refractivity contribution in [2.45, 2.75) is 44.5 Å². The average Bonchev–Trinajstić information content (AvgIpc) is 0.814. The van der Waals surface area contributed by atoms with E-state index in [4.69, 9.17) is 122 Å². The molecule has 8 heterocycles. The van der Waals surface area contributed by atoms with Gasteiger partial charge in [0.2, 0.25) is 11.8 Å². The second-order valence-electron chi connectivity index (χ2n) is 30.0. The number of nitrogens with zero attached hydrogens (tertiary/aromatic N) is 2. The van der Waals surface area contributed by atoms with E-state index in [9.17, 15) is 62.3 Å². The number of fused-ring (bicyclic) bond motifs is 7. The third kappa shape index (κ3) is 26.2. The molecule has 0 unspecified atom stereocenters. The van der Waals surface area contributed by atoms with Gasteiger partial charge in [-0.05, 0) is 216 Å². The van der Waals surface area contributed by atoms with Crippen LogP contribution in [0.1, 0.15) is 104 Å². The van der Waals surface area contributed by atoms with Gasteiger partial charge in [0.15, 0.2) is 5.75 Å². The van der Waals surface area contributed by atoms with E-state index in [1.54, 1.807) is 206 Å². The maximum absolute atomic E-state index is 12.4. The van der Waals surface area contributed by atoms with Gasteiger partial charge >= 0.3 is 75.5 Å². The van der Waals surface area contributed by atoms with Crippen LogP contribution in [0.3, 0.4) is 0 Å². The van der Waals surface area contributed by atoms with Crippen LogP contribution in [0.15, 0.2) is 369 Å². The van der Waals surface area contributed by atoms with Crippen LogP contribution in [-0.4, -0.2) is 58.9 Å². The highest BCUT2D eigenvalue weighted by Crippen LogP contribution is 2.34. The summed E-state index contributed by atoms with van der Waals surface area (Å²) in [6, 6.07) is 82.1. The quantitative estimate of drug-likeness (QED) is 0.0314. The van der Waals surface area contributed by atoms with Crippen LogP contribution in [0.5, 0.6) is 40.5 Å². The third-order valence-corrected chi connectivity index (χ3v) is 22.3. The lowest BCUT2D eigenvalue weighted by atomic mass is 10.1. The molecule has 0 saturated heterocycles. The number of esters is 7. The molecule has 142 heavy (non-hydrogen) atoms. The number of rotatable bonds is 19. The lowest BCUT2D eigenvalue weighted by Gasteiger charge is -2.08. The monoisotopic (exact) mass is 2070 g/mol. The summed E-state index contributed by atoms with van der Waals surface area (Å²) in [5.41, 5.74) is 0.974. The van der Waals surface area contributed by atoms with Crippen LogP contribution >= 0.6 is 73.9 Å². The van der Waals surface area contributed by atoms with E-state index in [1.165, 1.54) is 74.8 Å². The molecular formula is C107H70BrCl5N2O27. The van der Waals surface area contributed by atoms with Crippen molar-refractivity contribution in [3.8, 4) is 40.5 Å². The zero-order valence-electron chi connectivity index (χ0n) is 74.2. The molecule has 0 bridgehead atoms. The van der Waals surface area contributed by atoms with E-state index < -0.39 is 75.5 Å². The highest BCUT2D eigenvalue weighted by Gasteiger charge is 2.25. The molecule has 0 fully saturated rings. The number of carbonyl (C=O) groups excluding carboxylic acids is 7. The third-order valence-electron chi connectivity index (χ3n) is 20.2. The van der Waals surface area contributed by atoms with E-state index >= 15 is 0 Å². The smallest absolute Gasteiger partial charge is 0.352 e. The van der Waals surface area contributed by atoms with Gasteiger partial charge in [0, 0.05) is 91.3 Å². The molecule has 0 aliphatic rings. The summed E-state index contributed by atoms with van der Waals surface area (Å²) < 4.78 is 72.9. The second-order valence-corrected chi connectivity index (χ2v) is 32.5. The van der Waals surface area contributed by atoms with Gasteiger partial charge in [0.1, 0.15) is 96.5 Å². The van der Waals surface area contributed by atoms with Crippen molar-refractivity contribution in [3.63, 3.8) is 0 Å². The zero-order chi connectivity index (χ0) is 101. The Bertz CT molecular complexity index is 8260. The highest BCUT2D eigenvalue weighted by atomic mass is 79.9. The summed E-state index contributed by atoms with van der Waals surface area (Å²) >= 11 is 32.6. The molecule has 0 aliphatic heterocycles. The molecule has 0 saturated carbocycles. The van der Waals surface area contributed by atoms with Gasteiger partial charge in [0.25, 0.3) is 0 Å². The first-order chi connectivity index (χ1) is 68.6. The van der Waals surface area contributed by atoms with E-state index in [1.807, 2.05) is 49.4 Å². The number of ether oxygens (including phenoxy) is 8. The van der Waals surface area contributed by atoms with Crippen molar-refractivity contribution in [2.75, 3.05) is 7.11 Å². The molecule has 0 spiro atoms. The van der Waals surface area contributed by atoms with Gasteiger partial charge in [-0.1, -0.05) is 155 Å². The van der Waals surface area contributed by atoms with E-state index in [0.29, 0.717) is 112 Å². The van der Waals surface area contributed by atoms with E-state index in [2.05, 4.69) is 25.9 Å². The molecule has 0 aliphatic carbocycles. The molecule has 0 N–H and O–H groups in total. The number of pyridine rings is 2. The number of carbonyl (C=O) groups is 7. The van der Waals surface area contributed by atoms with E-state index in [-0.39, 0.29) is 73.3 Å². The zero-order valence-corrected chi connectivity index (χ0v) is 79.5. The summed E-state index contributed by atoms with van der Waals surface area (Å²) in [6.45, 7) is 3.43. The first kappa shape index (κ1) is 101. The standard InChI is InChI=1S/C19H13BrO6.C19H11NO4.C18H13ClO5.C18H14O4.C17H9Cl3O4.C16H10ClNO4/c1-11(21)24-10-12-5-6-17-13(7-12)8-16(19(23)26-17)18(22)25-15-4-2-3-14(20)9-15;21-18-15(11-13-6-2-4-8-16(13)23-18)19(22)24-17-14-7-3-1-5-12(14)9-10-20-17;1-22-13-3-2-4-14(9-13)23-17(20)15-8-12-7-11(10-19)5-6-16(12)24-18(15)21;1-2-12-8-9-16-13(10-12)11-15(18(20)22-16)17(19)21-14-6-4-3-5-7-14;18-8-9-4-5-14-10(6-9)7-11(16(21)23-14)17(22)24-15-12(19)2-1-3-13(15)20;17-9-10-4-5-13-11(7-10)8-12(15(19)21-13)16(20)22-14-3-1-2-6-18-14/h2-9H,10H2,1H3;1-11H;2-9H,10H2,1H3;3-11H,2H2,1H3;1-7H,8H2;1-8H,9H2. The molecule has 0 radical (unpaired) electrons. The number of benzene rings is 11. The SMILES string of the molecule is CC(=O)OCc1ccc2oc(=O)c(C(=O)Oc3cccc(Br)c3)cc2c1.CCc1ccc2oc(=O)c(C(=O)Oc3ccccc3)cc2c1.COc1cccc(OC(=O)c2cc3cc(CCl)ccc3oc2=O)c1.O=C(Oc1c(Cl)cccc1Cl)c1cc2cc(CCl)ccc2oc1=O.O=C(Oc1ccccn1)c1cc2cc(CCl)ccc2oc1=O.O=C(Oc1nccc2ccccc12)c1cc2ccccc2oc1=O. The van der Waals surface area contributed by atoms with Gasteiger partial charge in [0.05, 0.1) is 17.2 Å². The minimum Gasteiger partial charge on any atom is -0.497 e. The number of hydrogen-bond acceptors (Lipinski definition) is 29. The van der Waals surface area contributed by atoms with Gasteiger partial charge in [-0.25, -0.2) is 67.5 Å². The Labute approximate surface area is 834 Å². The number of hydrogen-bond donors (Lipinski definition) is 0. The van der Waals surface area contributed by atoms with Crippen LogP contribution in [0.25, 0.3) is 76.6 Å². The predicted molar refractivity (Wildman–Crippen MR) is 534 cm³/mol. The Kier molecular flexibility index (Phi) is 33.9. The van der Waals surface area contributed by atoms with Crippen LogP contribution in [0.4, 0.5) is 0 Å². The number of aromatic nitrogens is 2. The molecule has 29 nitrogen and oxygen atoms in total. The van der Waals surface area contributed by atoms with Gasteiger partial charge in [-0.15, -0.1) is 34.8 Å². The highest BCUT2D eigenvalue weighted by molar-refractivity contribution is 9.10. The van der Waals surface area contributed by atoms with Gasteiger partial charge < -0.3 is 64.4 Å². The summed E-state index contributed by atoms with van der Waals surface area (Å²) in [6.07, 6.45) is 3.89. The van der Waals surface area contributed by atoms with Crippen molar-refractivity contribution in [3.05, 3.63) is 448 Å². The fraction of sp³-hybridized carbons (Fsp3) is 0.0748. The van der Waals surface area contributed by atoms with Gasteiger partial charge in [-0.3, -0.25) is 4.79 Å². The average molecular weight is 2070 g/mol. The van der Waals surface area contributed by atoms with Crippen LogP contribution < -0.4 is 66.9 Å². The number of halogens is 6. The maximum Gasteiger partial charge on any atom is 0.352 e. The summed E-state index contributed by atoms with van der Waals surface area (Å²) in [4.78, 5) is 164. The Morgan fingerprint density at radius 1 is 0.317 bits per heavy atom. The molecule has 11 aromatic carbocycles. The minimum atomic E-state index is -0.906. The van der Waals surface area contributed by atoms with Crippen LogP contribution in [0.2, 0.25) is 10.0 Å². The molecule has 712 valence electrons. The summed E-state index contributed by atoms with van der Waals surface area (Å²) in [5, 5.41) is 5.54. The Hall–Kier alpha value is -16.7. The molecule has 35 heteroatoms. The number of methoxy groups -OCH3 is 1. The van der Waals surface area contributed by atoms with Crippen molar-refractivity contribution in [2.24, 2.45) is 0 Å². The lowest BCUT2D eigenvalue weighted by molar-refractivity contribution is -0.142. The van der Waals surface area contributed by atoms with E-state index in [0.717, 1.165) is 38.5 Å². The van der Waals surface area contributed by atoms with Crippen LogP contribution in [-0.2, 0) is 40.2 Å². The minimum absolute atomic E-state index is 0.0140. The summed E-state index contributed by atoms with van der Waals surface area (Å²) in [7, 11) is 1.51. The topological polar surface area (TPSA) is 400 Å². The Balaban J connectivity index is 0.000000135. The van der Waals surface area contributed by atoms with Crippen LogP contribution in [0, 0.1) is 0 Å². The summed E-state index contributed by atoms with van der Waals surface area (Å²) in [5.74, 6) is -2.56. The predicted octanol–water partition coefficient (Wildman–Crippen LogP) is 22.9. The fourth-order valence-electron chi connectivity index (χ4n) is 13.3. The van der Waals surface area contributed by atoms with Crippen molar-refractivity contribution >= 4 is 192 Å². The lowest BCUT2D eigenvalue weighted by Crippen LogP contribution is -2.19. The largest absolute Gasteiger partial charge is 0.497 e. The number of aryl methyl sites for hydroxylation is 1. The molecule has 0 atom stereocenters. The molecule has 8 aromatic heterocycles. The first-order valence-corrected chi connectivity index (χ1v) is 45.4. The fourth-order valence-corrected chi connectivity index (χ4v) is 14.6. The molecule has 19 rings (SSSR count). The van der Waals surface area contributed by atoms with Gasteiger partial charge in [-0.2, -0.15) is 0 Å². The van der Waals surface area contributed by atoms with Crippen molar-refractivity contribution in [1.29, 1.82) is 0 Å². The maximum atomic E-state index is 12.4. The Morgan fingerprint density at radius 3 is 1.14 bits per heavy atom. The number of alkyl halides is 3. The first-order valence-electron chi connectivity index (χ1n) is 42.2. The molecule has 0 amide bonds. The molecule has 19 aromatic rings. The normalized spacial score (nSPS) is 10.7. The second kappa shape index (κ2) is 47.5. The van der Waals surface area contributed by atoms with Crippen molar-refractivity contribution in [1.82, 2.24) is 9.97 Å².